The topological polar surface area (TPSA) is 111 Å². The predicted molar refractivity (Wildman–Crippen MR) is 92.6 cm³/mol. The number of carbonyl (C=O) groups excluding carboxylic acids is 2. The van der Waals surface area contributed by atoms with Gasteiger partial charge in [-0.15, -0.1) is 0 Å². The molecule has 1 fully saturated rings. The average Bonchev–Trinajstić information content (AvgIpc) is 3.27. The summed E-state index contributed by atoms with van der Waals surface area (Å²) in [5.74, 6) is -0.769. The van der Waals surface area contributed by atoms with Gasteiger partial charge in [0, 0.05) is 25.5 Å². The summed E-state index contributed by atoms with van der Waals surface area (Å²) in [6, 6.07) is 1.76. The van der Waals surface area contributed by atoms with Gasteiger partial charge >= 0.3 is 0 Å². The minimum atomic E-state index is -0.621. The van der Waals surface area contributed by atoms with Gasteiger partial charge in [-0.2, -0.15) is 10.2 Å². The van der Waals surface area contributed by atoms with Crippen LogP contribution in [0.3, 0.4) is 0 Å². The molecule has 1 atom stereocenters. The number of nitrogens with zero attached hydrogens (tertiary/aromatic N) is 6. The molecule has 1 aliphatic heterocycles. The molecular formula is C17H19N7O2. The Kier molecular flexibility index (Phi) is 3.90. The third-order valence-electron chi connectivity index (χ3n) is 4.67. The van der Waals surface area contributed by atoms with E-state index in [2.05, 4.69) is 15.2 Å². The Hall–Kier alpha value is -3.23. The van der Waals surface area contributed by atoms with E-state index < -0.39 is 5.91 Å². The molecule has 1 aliphatic rings. The molecule has 0 spiro atoms. The van der Waals surface area contributed by atoms with Crippen LogP contribution < -0.4 is 5.73 Å². The Morgan fingerprint density at radius 3 is 2.85 bits per heavy atom. The van der Waals surface area contributed by atoms with Gasteiger partial charge in [-0.3, -0.25) is 14.3 Å². The molecule has 0 saturated carbocycles. The average molecular weight is 353 g/mol. The van der Waals surface area contributed by atoms with E-state index in [-0.39, 0.29) is 17.5 Å². The number of rotatable bonds is 3. The molecule has 1 saturated heterocycles. The van der Waals surface area contributed by atoms with Gasteiger partial charge in [0.15, 0.2) is 5.65 Å². The Morgan fingerprint density at radius 1 is 1.27 bits per heavy atom. The highest BCUT2D eigenvalue weighted by atomic mass is 16.2. The molecule has 2 amide bonds. The van der Waals surface area contributed by atoms with Crippen molar-refractivity contribution >= 4 is 17.5 Å². The van der Waals surface area contributed by atoms with Gasteiger partial charge in [0.1, 0.15) is 11.3 Å². The lowest BCUT2D eigenvalue weighted by atomic mass is 10.1. The first kappa shape index (κ1) is 16.2. The lowest BCUT2D eigenvalue weighted by Crippen LogP contribution is -2.41. The van der Waals surface area contributed by atoms with Gasteiger partial charge in [0.25, 0.3) is 11.8 Å². The fourth-order valence-electron chi connectivity index (χ4n) is 3.38. The number of likely N-dealkylation sites (tertiary alicyclic amines) is 1. The minimum Gasteiger partial charge on any atom is -0.365 e. The van der Waals surface area contributed by atoms with Crippen molar-refractivity contribution in [1.29, 1.82) is 0 Å². The predicted octanol–water partition coefficient (Wildman–Crippen LogP) is 0.810. The van der Waals surface area contributed by atoms with Crippen LogP contribution in [0.5, 0.6) is 0 Å². The fraction of sp³-hybridized carbons (Fsp3) is 0.353. The molecule has 3 aromatic heterocycles. The molecule has 2 N–H and O–H groups in total. The van der Waals surface area contributed by atoms with Crippen molar-refractivity contribution in [3.63, 3.8) is 0 Å². The van der Waals surface area contributed by atoms with Gasteiger partial charge in [-0.25, -0.2) is 9.50 Å². The van der Waals surface area contributed by atoms with Gasteiger partial charge < -0.3 is 10.6 Å². The van der Waals surface area contributed by atoms with Crippen LogP contribution in [-0.4, -0.2) is 54.2 Å². The zero-order valence-electron chi connectivity index (χ0n) is 14.4. The molecule has 1 unspecified atom stereocenters. The monoisotopic (exact) mass is 353 g/mol. The highest BCUT2D eigenvalue weighted by Gasteiger charge is 2.28. The molecule has 0 aliphatic carbocycles. The third kappa shape index (κ3) is 2.71. The maximum atomic E-state index is 13.1. The second-order valence-corrected chi connectivity index (χ2v) is 6.53. The first-order valence-corrected chi connectivity index (χ1v) is 8.47. The number of hydrogen-bond acceptors (Lipinski definition) is 5. The van der Waals surface area contributed by atoms with E-state index in [0.717, 1.165) is 18.4 Å². The number of aromatic nitrogens is 5. The van der Waals surface area contributed by atoms with Crippen LogP contribution in [0.4, 0.5) is 0 Å². The van der Waals surface area contributed by atoms with Crippen molar-refractivity contribution in [2.45, 2.75) is 25.8 Å². The normalized spacial score (nSPS) is 17.6. The number of nitrogens with two attached hydrogens (primary N) is 1. The summed E-state index contributed by atoms with van der Waals surface area (Å²) in [6.45, 7) is 3.24. The summed E-state index contributed by atoms with van der Waals surface area (Å²) in [5.41, 5.74) is 7.29. The largest absolute Gasteiger partial charge is 0.365 e. The number of aryl methyl sites for hydroxylation is 1. The number of amides is 2. The van der Waals surface area contributed by atoms with Crippen LogP contribution >= 0.6 is 0 Å². The number of hydrogen-bond donors (Lipinski definition) is 1. The quantitative estimate of drug-likeness (QED) is 0.749. The van der Waals surface area contributed by atoms with Crippen LogP contribution in [-0.2, 0) is 0 Å². The summed E-state index contributed by atoms with van der Waals surface area (Å²) >= 11 is 0. The molecule has 26 heavy (non-hydrogen) atoms. The van der Waals surface area contributed by atoms with Crippen molar-refractivity contribution in [2.75, 3.05) is 13.1 Å². The Morgan fingerprint density at radius 2 is 2.12 bits per heavy atom. The Balaban J connectivity index is 1.63. The molecule has 4 heterocycles. The maximum absolute atomic E-state index is 13.1. The van der Waals surface area contributed by atoms with E-state index in [0.29, 0.717) is 24.4 Å². The number of carbonyl (C=O) groups is 2. The van der Waals surface area contributed by atoms with Crippen molar-refractivity contribution in [3.05, 3.63) is 47.7 Å². The smallest absolute Gasteiger partial charge is 0.272 e. The van der Waals surface area contributed by atoms with Crippen LogP contribution in [0, 0.1) is 6.92 Å². The summed E-state index contributed by atoms with van der Waals surface area (Å²) in [6.07, 6.45) is 8.53. The minimum absolute atomic E-state index is 0.148. The number of fused-ring (bicyclic) bond motifs is 1. The van der Waals surface area contributed by atoms with Crippen molar-refractivity contribution in [3.8, 4) is 0 Å². The summed E-state index contributed by atoms with van der Waals surface area (Å²) in [5, 5.41) is 8.50. The van der Waals surface area contributed by atoms with Gasteiger partial charge in [0.2, 0.25) is 0 Å². The highest BCUT2D eigenvalue weighted by Crippen LogP contribution is 2.23. The third-order valence-corrected chi connectivity index (χ3v) is 4.67. The Bertz CT molecular complexity index is 990. The van der Waals surface area contributed by atoms with E-state index in [1.807, 2.05) is 24.0 Å². The number of piperidine rings is 1. The Labute approximate surface area is 149 Å². The van der Waals surface area contributed by atoms with Crippen LogP contribution in [0.2, 0.25) is 0 Å². The molecular weight excluding hydrogens is 334 g/mol. The first-order valence-electron chi connectivity index (χ1n) is 8.47. The molecule has 9 nitrogen and oxygen atoms in total. The summed E-state index contributed by atoms with van der Waals surface area (Å²) in [4.78, 5) is 30.5. The van der Waals surface area contributed by atoms with Crippen molar-refractivity contribution in [2.24, 2.45) is 5.73 Å². The van der Waals surface area contributed by atoms with Crippen molar-refractivity contribution in [1.82, 2.24) is 29.3 Å². The maximum Gasteiger partial charge on any atom is 0.272 e. The molecule has 0 bridgehead atoms. The van der Waals surface area contributed by atoms with E-state index in [1.54, 1.807) is 11.0 Å². The summed E-state index contributed by atoms with van der Waals surface area (Å²) in [7, 11) is 0. The molecule has 134 valence electrons. The van der Waals surface area contributed by atoms with Gasteiger partial charge in [-0.05, 0) is 31.4 Å². The molecule has 9 heteroatoms. The van der Waals surface area contributed by atoms with Gasteiger partial charge in [-0.1, -0.05) is 0 Å². The van der Waals surface area contributed by atoms with Crippen LogP contribution in [0.15, 0.2) is 30.9 Å². The van der Waals surface area contributed by atoms with Gasteiger partial charge in [0.05, 0.1) is 18.4 Å². The molecule has 0 radical (unpaired) electrons. The van der Waals surface area contributed by atoms with Crippen LogP contribution in [0.25, 0.3) is 5.65 Å². The molecule has 0 aromatic carbocycles. The second-order valence-electron chi connectivity index (χ2n) is 6.53. The SMILES string of the molecule is Cc1cnn(C2CCCN(C(=O)c3ccnc4c(C(N)=O)cnn34)C2)c1. The fourth-order valence-corrected chi connectivity index (χ4v) is 3.38. The first-order chi connectivity index (χ1) is 12.5. The van der Waals surface area contributed by atoms with Crippen molar-refractivity contribution < 1.29 is 9.59 Å². The highest BCUT2D eigenvalue weighted by molar-refractivity contribution is 5.99. The zero-order valence-corrected chi connectivity index (χ0v) is 14.4. The molecule has 3 aromatic rings. The molecule has 4 rings (SSSR count). The van der Waals surface area contributed by atoms with Crippen LogP contribution in [0.1, 0.15) is 45.3 Å². The zero-order chi connectivity index (χ0) is 18.3. The second kappa shape index (κ2) is 6.25. The number of primary amides is 1. The summed E-state index contributed by atoms with van der Waals surface area (Å²) < 4.78 is 3.31. The van der Waals surface area contributed by atoms with E-state index in [1.165, 1.54) is 16.9 Å². The van der Waals surface area contributed by atoms with E-state index >= 15 is 0 Å². The van der Waals surface area contributed by atoms with E-state index in [9.17, 15) is 9.59 Å². The lowest BCUT2D eigenvalue weighted by molar-refractivity contribution is 0.0663. The van der Waals surface area contributed by atoms with E-state index in [4.69, 9.17) is 5.73 Å². The lowest BCUT2D eigenvalue weighted by Gasteiger charge is -2.32. The standard InChI is InChI=1S/C17H19N7O2/c1-11-7-20-23(9-11)12-3-2-6-22(10-12)17(26)14-4-5-19-16-13(15(18)25)8-21-24(14)16/h4-5,7-9,12H,2-3,6,10H2,1H3,(H2,18,25).